The van der Waals surface area contributed by atoms with Gasteiger partial charge in [-0.2, -0.15) is 0 Å². The van der Waals surface area contributed by atoms with Crippen LogP contribution in [0.2, 0.25) is 0 Å². The average Bonchev–Trinajstić information content (AvgIpc) is 2.78. The van der Waals surface area contributed by atoms with Crippen molar-refractivity contribution in [3.05, 3.63) is 65.5 Å². The standard InChI is InChI=1S/C23H31FN4O2/c1-3-30-21-6-4-5-18(15-21)16-26-23(25-2)27-17-22(28-11-13-29-14-12-28)19-7-9-20(24)10-8-19/h4-10,15,22H,3,11-14,16-17H2,1-2H3,(H2,25,26,27). The van der Waals surface area contributed by atoms with E-state index in [9.17, 15) is 4.39 Å². The summed E-state index contributed by atoms with van der Waals surface area (Å²) in [4.78, 5) is 6.71. The lowest BCUT2D eigenvalue weighted by Gasteiger charge is -2.35. The highest BCUT2D eigenvalue weighted by atomic mass is 19.1. The van der Waals surface area contributed by atoms with E-state index in [0.29, 0.717) is 32.9 Å². The molecule has 1 heterocycles. The van der Waals surface area contributed by atoms with Crippen LogP contribution >= 0.6 is 0 Å². The molecule has 30 heavy (non-hydrogen) atoms. The number of aliphatic imine (C=N–C) groups is 1. The summed E-state index contributed by atoms with van der Waals surface area (Å²) >= 11 is 0. The molecule has 1 aliphatic rings. The van der Waals surface area contributed by atoms with Crippen LogP contribution in [0, 0.1) is 5.82 Å². The largest absolute Gasteiger partial charge is 0.494 e. The van der Waals surface area contributed by atoms with Crippen LogP contribution in [-0.4, -0.2) is 57.4 Å². The van der Waals surface area contributed by atoms with E-state index in [1.165, 1.54) is 12.1 Å². The predicted octanol–water partition coefficient (Wildman–Crippen LogP) is 2.96. The molecule has 0 aliphatic carbocycles. The zero-order valence-corrected chi connectivity index (χ0v) is 17.7. The van der Waals surface area contributed by atoms with E-state index in [1.54, 1.807) is 7.05 Å². The number of hydrogen-bond donors (Lipinski definition) is 2. The quantitative estimate of drug-likeness (QED) is 0.514. The fraction of sp³-hybridized carbons (Fsp3) is 0.435. The Morgan fingerprint density at radius 3 is 2.63 bits per heavy atom. The Morgan fingerprint density at radius 2 is 1.93 bits per heavy atom. The van der Waals surface area contributed by atoms with E-state index in [1.807, 2.05) is 37.3 Å². The first-order valence-corrected chi connectivity index (χ1v) is 10.4. The second-order valence-electron chi connectivity index (χ2n) is 7.10. The van der Waals surface area contributed by atoms with Crippen LogP contribution in [0.15, 0.2) is 53.5 Å². The summed E-state index contributed by atoms with van der Waals surface area (Å²) in [6.07, 6.45) is 0. The van der Waals surface area contributed by atoms with E-state index in [0.717, 1.165) is 35.9 Å². The highest BCUT2D eigenvalue weighted by molar-refractivity contribution is 5.79. The Hall–Kier alpha value is -2.64. The summed E-state index contributed by atoms with van der Waals surface area (Å²) < 4.78 is 24.5. The highest BCUT2D eigenvalue weighted by Crippen LogP contribution is 2.21. The van der Waals surface area contributed by atoms with Gasteiger partial charge in [0.1, 0.15) is 11.6 Å². The average molecular weight is 415 g/mol. The Balaban J connectivity index is 1.61. The van der Waals surface area contributed by atoms with Crippen molar-refractivity contribution in [2.45, 2.75) is 19.5 Å². The van der Waals surface area contributed by atoms with Crippen molar-refractivity contribution in [3.8, 4) is 5.75 Å². The van der Waals surface area contributed by atoms with Crippen LogP contribution in [0.1, 0.15) is 24.1 Å². The van der Waals surface area contributed by atoms with Crippen LogP contribution in [0.3, 0.4) is 0 Å². The molecule has 0 amide bonds. The third-order valence-corrected chi connectivity index (χ3v) is 5.10. The molecule has 1 saturated heterocycles. The first kappa shape index (κ1) is 22.1. The fourth-order valence-corrected chi connectivity index (χ4v) is 3.54. The molecule has 2 N–H and O–H groups in total. The lowest BCUT2D eigenvalue weighted by molar-refractivity contribution is 0.0170. The molecule has 0 bridgehead atoms. The monoisotopic (exact) mass is 414 g/mol. The van der Waals surface area contributed by atoms with Gasteiger partial charge in [-0.1, -0.05) is 24.3 Å². The maximum absolute atomic E-state index is 13.4. The van der Waals surface area contributed by atoms with Gasteiger partial charge >= 0.3 is 0 Å². The Morgan fingerprint density at radius 1 is 1.17 bits per heavy atom. The van der Waals surface area contributed by atoms with E-state index < -0.39 is 0 Å². The van der Waals surface area contributed by atoms with E-state index >= 15 is 0 Å². The van der Waals surface area contributed by atoms with Gasteiger partial charge in [0.25, 0.3) is 0 Å². The number of halogens is 1. The van der Waals surface area contributed by atoms with Gasteiger partial charge in [-0.3, -0.25) is 9.89 Å². The first-order valence-electron chi connectivity index (χ1n) is 10.4. The van der Waals surface area contributed by atoms with Crippen molar-refractivity contribution in [1.82, 2.24) is 15.5 Å². The van der Waals surface area contributed by atoms with Gasteiger partial charge in [-0.05, 0) is 42.3 Å². The van der Waals surface area contributed by atoms with Gasteiger partial charge < -0.3 is 20.1 Å². The molecule has 6 nitrogen and oxygen atoms in total. The molecule has 2 aromatic rings. The zero-order chi connectivity index (χ0) is 21.2. The van der Waals surface area contributed by atoms with E-state index in [-0.39, 0.29) is 11.9 Å². The normalized spacial score (nSPS) is 16.2. The lowest BCUT2D eigenvalue weighted by Crippen LogP contribution is -2.46. The number of guanidine groups is 1. The van der Waals surface area contributed by atoms with Gasteiger partial charge in [-0.15, -0.1) is 0 Å². The third-order valence-electron chi connectivity index (χ3n) is 5.10. The molecule has 0 saturated carbocycles. The molecule has 162 valence electrons. The van der Waals surface area contributed by atoms with E-state index in [2.05, 4.69) is 26.6 Å². The maximum atomic E-state index is 13.4. The molecule has 1 unspecified atom stereocenters. The van der Waals surface area contributed by atoms with Crippen LogP contribution < -0.4 is 15.4 Å². The Bertz CT molecular complexity index is 807. The summed E-state index contributed by atoms with van der Waals surface area (Å²) in [5.41, 5.74) is 2.19. The van der Waals surface area contributed by atoms with Gasteiger partial charge in [0.15, 0.2) is 5.96 Å². The number of rotatable bonds is 8. The minimum Gasteiger partial charge on any atom is -0.494 e. The van der Waals surface area contributed by atoms with Crippen LogP contribution in [-0.2, 0) is 11.3 Å². The molecule has 1 atom stereocenters. The van der Waals surface area contributed by atoms with Gasteiger partial charge in [-0.25, -0.2) is 4.39 Å². The lowest BCUT2D eigenvalue weighted by atomic mass is 10.0. The Kier molecular flexibility index (Phi) is 8.47. The highest BCUT2D eigenvalue weighted by Gasteiger charge is 2.23. The van der Waals surface area contributed by atoms with Crippen molar-refractivity contribution in [2.75, 3.05) is 46.5 Å². The smallest absolute Gasteiger partial charge is 0.191 e. The minimum atomic E-state index is -0.223. The van der Waals surface area contributed by atoms with Crippen LogP contribution in [0.25, 0.3) is 0 Å². The molecule has 1 fully saturated rings. The van der Waals surface area contributed by atoms with Crippen molar-refractivity contribution in [2.24, 2.45) is 4.99 Å². The molecule has 2 aromatic carbocycles. The van der Waals surface area contributed by atoms with E-state index in [4.69, 9.17) is 9.47 Å². The molecule has 0 spiro atoms. The first-order chi connectivity index (χ1) is 14.7. The van der Waals surface area contributed by atoms with Crippen molar-refractivity contribution in [3.63, 3.8) is 0 Å². The number of ether oxygens (including phenoxy) is 2. The summed E-state index contributed by atoms with van der Waals surface area (Å²) in [6, 6.07) is 14.9. The second-order valence-corrected chi connectivity index (χ2v) is 7.10. The number of hydrogen-bond acceptors (Lipinski definition) is 4. The van der Waals surface area contributed by atoms with Crippen molar-refractivity contribution in [1.29, 1.82) is 0 Å². The predicted molar refractivity (Wildman–Crippen MR) is 117 cm³/mol. The van der Waals surface area contributed by atoms with Gasteiger partial charge in [0.2, 0.25) is 0 Å². The van der Waals surface area contributed by atoms with Crippen molar-refractivity contribution < 1.29 is 13.9 Å². The maximum Gasteiger partial charge on any atom is 0.191 e. The number of morpholine rings is 1. The minimum absolute atomic E-state index is 0.106. The second kappa shape index (κ2) is 11.5. The molecular formula is C23H31FN4O2. The van der Waals surface area contributed by atoms with Crippen molar-refractivity contribution >= 4 is 5.96 Å². The summed E-state index contributed by atoms with van der Waals surface area (Å²) in [5, 5.41) is 6.78. The molecule has 1 aliphatic heterocycles. The SMILES string of the molecule is CCOc1cccc(CNC(=NC)NCC(c2ccc(F)cc2)N2CCOCC2)c1. The van der Waals surface area contributed by atoms with Crippen LogP contribution in [0.5, 0.6) is 5.75 Å². The number of benzene rings is 2. The summed E-state index contributed by atoms with van der Waals surface area (Å²) in [6.45, 7) is 7.03. The molecule has 0 radical (unpaired) electrons. The molecule has 7 heteroatoms. The molecule has 3 rings (SSSR count). The fourth-order valence-electron chi connectivity index (χ4n) is 3.54. The van der Waals surface area contributed by atoms with Gasteiger partial charge in [0, 0.05) is 33.2 Å². The third kappa shape index (κ3) is 6.43. The Labute approximate surface area is 178 Å². The summed E-state index contributed by atoms with van der Waals surface area (Å²) in [5.74, 6) is 1.36. The number of nitrogens with one attached hydrogen (secondary N) is 2. The summed E-state index contributed by atoms with van der Waals surface area (Å²) in [7, 11) is 1.76. The molecular weight excluding hydrogens is 383 g/mol. The van der Waals surface area contributed by atoms with Gasteiger partial charge in [0.05, 0.1) is 25.9 Å². The number of nitrogens with zero attached hydrogens (tertiary/aromatic N) is 2. The topological polar surface area (TPSA) is 58.1 Å². The van der Waals surface area contributed by atoms with Crippen LogP contribution in [0.4, 0.5) is 4.39 Å². The molecule has 0 aromatic heterocycles. The zero-order valence-electron chi connectivity index (χ0n) is 17.7.